The minimum absolute atomic E-state index is 0.228. The average Bonchev–Trinajstić information content (AvgIpc) is 2.35. The summed E-state index contributed by atoms with van der Waals surface area (Å²) in [5, 5.41) is 9.06. The van der Waals surface area contributed by atoms with Crippen LogP contribution in [0.15, 0.2) is 29.2 Å². The van der Waals surface area contributed by atoms with Crippen molar-refractivity contribution in [2.75, 3.05) is 13.2 Å². The number of benzene rings is 1. The van der Waals surface area contributed by atoms with Gasteiger partial charge < -0.3 is 5.11 Å². The van der Waals surface area contributed by atoms with E-state index in [2.05, 4.69) is 0 Å². The Morgan fingerprint density at radius 3 is 2.29 bits per heavy atom. The van der Waals surface area contributed by atoms with Gasteiger partial charge in [-0.1, -0.05) is 17.7 Å². The van der Waals surface area contributed by atoms with E-state index in [-0.39, 0.29) is 18.1 Å². The van der Waals surface area contributed by atoms with E-state index in [1.165, 1.54) is 0 Å². The van der Waals surface area contributed by atoms with Crippen LogP contribution >= 0.6 is 0 Å². The third-order valence-electron chi connectivity index (χ3n) is 4.91. The molecule has 0 saturated heterocycles. The van der Waals surface area contributed by atoms with Crippen molar-refractivity contribution in [3.05, 3.63) is 29.8 Å². The molecule has 0 amide bonds. The number of aliphatic hydroxyl groups excluding tert-OH is 1. The summed E-state index contributed by atoms with van der Waals surface area (Å²) in [6.07, 6.45) is 4.25. The van der Waals surface area contributed by atoms with E-state index in [1.807, 2.05) is 6.92 Å². The summed E-state index contributed by atoms with van der Waals surface area (Å²) in [5.74, 6) is 0.799. The molecule has 116 valence electrons. The number of hydrogen-bond donors (Lipinski definition) is 1. The molecule has 0 radical (unpaired) electrons. The standard InChI is InChI=1S/C16H22O4S/c1-12-2-4-15(5-3-12)21(18,19)20-11-14-8-16(9-14)6-13(7-16)10-17/h2-5,13-14,17H,6-11H2,1H3. The van der Waals surface area contributed by atoms with Gasteiger partial charge in [0, 0.05) is 6.61 Å². The SMILES string of the molecule is Cc1ccc(S(=O)(=O)OCC2CC3(CC(CO)C3)C2)cc1. The van der Waals surface area contributed by atoms with Gasteiger partial charge >= 0.3 is 0 Å². The van der Waals surface area contributed by atoms with Gasteiger partial charge in [-0.2, -0.15) is 8.42 Å². The molecule has 0 aromatic heterocycles. The number of aryl methyl sites for hydroxylation is 1. The predicted octanol–water partition coefficient (Wildman–Crippen LogP) is 2.50. The lowest BCUT2D eigenvalue weighted by atomic mass is 9.48. The molecule has 2 saturated carbocycles. The van der Waals surface area contributed by atoms with E-state index < -0.39 is 10.1 Å². The predicted molar refractivity (Wildman–Crippen MR) is 79.3 cm³/mol. The Labute approximate surface area is 126 Å². The number of hydrogen-bond acceptors (Lipinski definition) is 4. The summed E-state index contributed by atoms with van der Waals surface area (Å²) in [7, 11) is -3.63. The number of rotatable bonds is 5. The van der Waals surface area contributed by atoms with Crippen LogP contribution in [0.3, 0.4) is 0 Å². The topological polar surface area (TPSA) is 63.6 Å². The van der Waals surface area contributed by atoms with Crippen LogP contribution in [0.25, 0.3) is 0 Å². The molecule has 0 unspecified atom stereocenters. The zero-order chi connectivity index (χ0) is 15.1. The minimum atomic E-state index is -3.63. The largest absolute Gasteiger partial charge is 0.396 e. The maximum Gasteiger partial charge on any atom is 0.296 e. The first-order chi connectivity index (χ1) is 9.92. The summed E-state index contributed by atoms with van der Waals surface area (Å²) < 4.78 is 29.3. The second-order valence-corrected chi connectivity index (χ2v) is 8.40. The van der Waals surface area contributed by atoms with Gasteiger partial charge in [0.15, 0.2) is 0 Å². The lowest BCUT2D eigenvalue weighted by Crippen LogP contribution is -2.49. The average molecular weight is 310 g/mol. The highest BCUT2D eigenvalue weighted by Gasteiger charge is 2.52. The van der Waals surface area contributed by atoms with Crippen LogP contribution in [0.5, 0.6) is 0 Å². The third-order valence-corrected chi connectivity index (χ3v) is 6.21. The monoisotopic (exact) mass is 310 g/mol. The molecule has 4 nitrogen and oxygen atoms in total. The molecule has 5 heteroatoms. The Morgan fingerprint density at radius 2 is 1.71 bits per heavy atom. The maximum absolute atomic E-state index is 12.1. The smallest absolute Gasteiger partial charge is 0.296 e. The zero-order valence-corrected chi connectivity index (χ0v) is 13.1. The fourth-order valence-electron chi connectivity index (χ4n) is 3.87. The first kappa shape index (κ1) is 15.0. The van der Waals surface area contributed by atoms with E-state index >= 15 is 0 Å². The Morgan fingerprint density at radius 1 is 1.14 bits per heavy atom. The zero-order valence-electron chi connectivity index (χ0n) is 12.3. The van der Waals surface area contributed by atoms with E-state index in [0.717, 1.165) is 31.2 Å². The van der Waals surface area contributed by atoms with Gasteiger partial charge in [0.05, 0.1) is 11.5 Å². The molecule has 3 rings (SSSR count). The molecule has 0 aliphatic heterocycles. The maximum atomic E-state index is 12.1. The summed E-state index contributed by atoms with van der Waals surface area (Å²) in [4.78, 5) is 0.228. The van der Waals surface area contributed by atoms with Gasteiger partial charge in [-0.3, -0.25) is 4.18 Å². The van der Waals surface area contributed by atoms with Gasteiger partial charge in [0.25, 0.3) is 10.1 Å². The molecule has 21 heavy (non-hydrogen) atoms. The van der Waals surface area contributed by atoms with E-state index in [4.69, 9.17) is 9.29 Å². The van der Waals surface area contributed by atoms with Gasteiger partial charge in [-0.15, -0.1) is 0 Å². The molecule has 0 bridgehead atoms. The Hall–Kier alpha value is -0.910. The van der Waals surface area contributed by atoms with Crippen molar-refractivity contribution in [3.63, 3.8) is 0 Å². The molecule has 1 aromatic carbocycles. The highest BCUT2D eigenvalue weighted by Crippen LogP contribution is 2.61. The molecule has 1 N–H and O–H groups in total. The lowest BCUT2D eigenvalue weighted by molar-refractivity contribution is -0.0924. The molecule has 2 aliphatic carbocycles. The highest BCUT2D eigenvalue weighted by molar-refractivity contribution is 7.86. The van der Waals surface area contributed by atoms with Crippen molar-refractivity contribution < 1.29 is 17.7 Å². The highest BCUT2D eigenvalue weighted by atomic mass is 32.2. The van der Waals surface area contributed by atoms with Crippen molar-refractivity contribution in [3.8, 4) is 0 Å². The van der Waals surface area contributed by atoms with Crippen LogP contribution in [0.2, 0.25) is 0 Å². The van der Waals surface area contributed by atoms with Gasteiger partial charge in [-0.05, 0) is 62.0 Å². The van der Waals surface area contributed by atoms with Gasteiger partial charge in [-0.25, -0.2) is 0 Å². The molecular weight excluding hydrogens is 288 g/mol. The Bertz CT molecular complexity index is 592. The van der Waals surface area contributed by atoms with E-state index in [9.17, 15) is 8.42 Å². The molecule has 1 aromatic rings. The molecule has 0 atom stereocenters. The second-order valence-electron chi connectivity index (χ2n) is 6.78. The molecule has 2 fully saturated rings. The number of aliphatic hydroxyl groups is 1. The summed E-state index contributed by atoms with van der Waals surface area (Å²) in [6.45, 7) is 2.48. The van der Waals surface area contributed by atoms with Crippen LogP contribution in [-0.2, 0) is 14.3 Å². The van der Waals surface area contributed by atoms with Crippen molar-refractivity contribution in [2.45, 2.75) is 37.5 Å². The Balaban J connectivity index is 1.49. The van der Waals surface area contributed by atoms with Crippen LogP contribution in [0.1, 0.15) is 31.2 Å². The van der Waals surface area contributed by atoms with Gasteiger partial charge in [0.2, 0.25) is 0 Å². The van der Waals surface area contributed by atoms with Crippen LogP contribution in [0.4, 0.5) is 0 Å². The van der Waals surface area contributed by atoms with Crippen LogP contribution in [0, 0.1) is 24.2 Å². The summed E-state index contributed by atoms with van der Waals surface area (Å²) in [6, 6.07) is 6.73. The van der Waals surface area contributed by atoms with Crippen molar-refractivity contribution in [1.82, 2.24) is 0 Å². The first-order valence-electron chi connectivity index (χ1n) is 7.49. The fourth-order valence-corrected chi connectivity index (χ4v) is 4.85. The van der Waals surface area contributed by atoms with E-state index in [1.54, 1.807) is 24.3 Å². The van der Waals surface area contributed by atoms with E-state index in [0.29, 0.717) is 17.3 Å². The van der Waals surface area contributed by atoms with Crippen LogP contribution < -0.4 is 0 Å². The first-order valence-corrected chi connectivity index (χ1v) is 8.90. The molecular formula is C16H22O4S. The van der Waals surface area contributed by atoms with Gasteiger partial charge in [0.1, 0.15) is 0 Å². The van der Waals surface area contributed by atoms with Crippen molar-refractivity contribution in [1.29, 1.82) is 0 Å². The summed E-state index contributed by atoms with van der Waals surface area (Å²) >= 11 is 0. The lowest BCUT2D eigenvalue weighted by Gasteiger charge is -2.57. The second kappa shape index (κ2) is 5.38. The quantitative estimate of drug-likeness (QED) is 0.849. The summed E-state index contributed by atoms with van der Waals surface area (Å²) in [5.41, 5.74) is 1.41. The molecule has 2 aliphatic rings. The van der Waals surface area contributed by atoms with Crippen molar-refractivity contribution >= 4 is 10.1 Å². The normalized spacial score (nSPS) is 31.7. The van der Waals surface area contributed by atoms with Crippen molar-refractivity contribution in [2.24, 2.45) is 17.3 Å². The molecule has 1 spiro atoms. The van der Waals surface area contributed by atoms with Crippen LogP contribution in [-0.4, -0.2) is 26.7 Å². The third kappa shape index (κ3) is 3.00. The minimum Gasteiger partial charge on any atom is -0.396 e. The Kier molecular flexibility index (Phi) is 3.84. The molecule has 0 heterocycles. The fraction of sp³-hybridized carbons (Fsp3) is 0.625.